The second kappa shape index (κ2) is 15.8. The maximum atomic E-state index is 10.9. The average Bonchev–Trinajstić information content (AvgIpc) is 2.69. The Balaban J connectivity index is 2.58. The number of rotatable bonds is 18. The number of carboxylic acids is 2. The fourth-order valence-electron chi connectivity index (χ4n) is 3.65. The van der Waals surface area contributed by atoms with Crippen molar-refractivity contribution in [3.05, 3.63) is 29.8 Å². The van der Waals surface area contributed by atoms with Crippen molar-refractivity contribution in [3.8, 4) is 5.75 Å². The van der Waals surface area contributed by atoms with Crippen molar-refractivity contribution in [2.24, 2.45) is 0 Å². The van der Waals surface area contributed by atoms with Gasteiger partial charge >= 0.3 is 11.9 Å². The number of aliphatic carboxylic acids is 2. The quantitative estimate of drug-likeness (QED) is 0.275. The van der Waals surface area contributed by atoms with Crippen LogP contribution in [0.25, 0.3) is 0 Å². The van der Waals surface area contributed by atoms with Gasteiger partial charge in [-0.3, -0.25) is 9.59 Å². The molecule has 0 unspecified atom stereocenters. The summed E-state index contributed by atoms with van der Waals surface area (Å²) in [4.78, 5) is 21.7. The standard InChI is InChI=1S/C24H38O5/c1-2-3-4-5-6-7-10-19-29-22-16-9-8-15-21(22)20(13-11-17-23(25)26)14-12-18-24(27)28/h8-9,15-16,20H,2-7,10-14,17-19H2,1H3,(H,25,26)(H,27,28). The third-order valence-corrected chi connectivity index (χ3v) is 5.25. The number of hydrogen-bond acceptors (Lipinski definition) is 3. The number of carbonyl (C=O) groups is 2. The maximum Gasteiger partial charge on any atom is 0.303 e. The molecule has 0 atom stereocenters. The Morgan fingerprint density at radius 3 is 1.97 bits per heavy atom. The van der Waals surface area contributed by atoms with Crippen molar-refractivity contribution in [1.82, 2.24) is 0 Å². The molecule has 1 rings (SSSR count). The zero-order valence-electron chi connectivity index (χ0n) is 17.9. The van der Waals surface area contributed by atoms with Crippen LogP contribution in [0.2, 0.25) is 0 Å². The molecule has 5 nitrogen and oxygen atoms in total. The first-order valence-corrected chi connectivity index (χ1v) is 11.2. The van der Waals surface area contributed by atoms with E-state index in [0.717, 1.165) is 30.6 Å². The van der Waals surface area contributed by atoms with Crippen LogP contribution in [0.4, 0.5) is 0 Å². The Morgan fingerprint density at radius 1 is 0.828 bits per heavy atom. The Labute approximate surface area is 175 Å². The minimum Gasteiger partial charge on any atom is -0.493 e. The van der Waals surface area contributed by atoms with E-state index in [-0.39, 0.29) is 18.8 Å². The van der Waals surface area contributed by atoms with Gasteiger partial charge in [0.15, 0.2) is 0 Å². The van der Waals surface area contributed by atoms with E-state index in [4.69, 9.17) is 14.9 Å². The van der Waals surface area contributed by atoms with Crippen LogP contribution in [0.3, 0.4) is 0 Å². The van der Waals surface area contributed by atoms with Crippen LogP contribution in [0, 0.1) is 0 Å². The molecule has 0 aliphatic carbocycles. The highest BCUT2D eigenvalue weighted by Crippen LogP contribution is 2.34. The molecule has 1 aromatic carbocycles. The predicted octanol–water partition coefficient (Wildman–Crippen LogP) is 6.41. The molecule has 0 spiro atoms. The lowest BCUT2D eigenvalue weighted by molar-refractivity contribution is -0.138. The van der Waals surface area contributed by atoms with Gasteiger partial charge in [0.25, 0.3) is 0 Å². The van der Waals surface area contributed by atoms with E-state index < -0.39 is 11.9 Å². The Bertz CT molecular complexity index is 564. The van der Waals surface area contributed by atoms with Gasteiger partial charge in [-0.2, -0.15) is 0 Å². The molecule has 0 heterocycles. The first kappa shape index (κ1) is 25.0. The van der Waals surface area contributed by atoms with Crippen molar-refractivity contribution in [2.45, 2.75) is 96.3 Å². The summed E-state index contributed by atoms with van der Waals surface area (Å²) in [5.74, 6) is -0.608. The third kappa shape index (κ3) is 12.2. The lowest BCUT2D eigenvalue weighted by Gasteiger charge is -2.20. The highest BCUT2D eigenvalue weighted by atomic mass is 16.5. The molecule has 0 radical (unpaired) electrons. The summed E-state index contributed by atoms with van der Waals surface area (Å²) in [5, 5.41) is 17.9. The van der Waals surface area contributed by atoms with E-state index in [9.17, 15) is 9.59 Å². The van der Waals surface area contributed by atoms with Gasteiger partial charge in [0.1, 0.15) is 5.75 Å². The number of hydrogen-bond donors (Lipinski definition) is 2. The molecule has 164 valence electrons. The van der Waals surface area contributed by atoms with Crippen molar-refractivity contribution in [3.63, 3.8) is 0 Å². The predicted molar refractivity (Wildman–Crippen MR) is 116 cm³/mol. The smallest absolute Gasteiger partial charge is 0.303 e. The van der Waals surface area contributed by atoms with Gasteiger partial charge in [0.2, 0.25) is 0 Å². The molecule has 0 bridgehead atoms. The summed E-state index contributed by atoms with van der Waals surface area (Å²) in [5.41, 5.74) is 1.08. The lowest BCUT2D eigenvalue weighted by Crippen LogP contribution is -2.07. The second-order valence-corrected chi connectivity index (χ2v) is 7.78. The van der Waals surface area contributed by atoms with Gasteiger partial charge in [0, 0.05) is 12.8 Å². The molecule has 0 saturated heterocycles. The number of para-hydroxylation sites is 1. The fourth-order valence-corrected chi connectivity index (χ4v) is 3.65. The normalized spacial score (nSPS) is 11.0. The SMILES string of the molecule is CCCCCCCCCOc1ccccc1C(CCCC(=O)O)CCCC(=O)O. The van der Waals surface area contributed by atoms with Crippen LogP contribution in [0.15, 0.2) is 24.3 Å². The van der Waals surface area contributed by atoms with E-state index in [2.05, 4.69) is 6.92 Å². The Morgan fingerprint density at radius 2 is 1.38 bits per heavy atom. The number of carboxylic acid groups (broad SMARTS) is 2. The topological polar surface area (TPSA) is 83.8 Å². The minimum absolute atomic E-state index is 0.124. The van der Waals surface area contributed by atoms with E-state index in [0.29, 0.717) is 19.4 Å². The zero-order chi connectivity index (χ0) is 21.3. The van der Waals surface area contributed by atoms with Crippen LogP contribution in [-0.4, -0.2) is 28.8 Å². The minimum atomic E-state index is -0.794. The van der Waals surface area contributed by atoms with E-state index >= 15 is 0 Å². The molecule has 5 heteroatoms. The number of benzene rings is 1. The average molecular weight is 407 g/mol. The van der Waals surface area contributed by atoms with Gasteiger partial charge in [-0.15, -0.1) is 0 Å². The second-order valence-electron chi connectivity index (χ2n) is 7.78. The van der Waals surface area contributed by atoms with E-state index in [1.165, 1.54) is 38.5 Å². The van der Waals surface area contributed by atoms with Crippen molar-refractivity contribution in [1.29, 1.82) is 0 Å². The van der Waals surface area contributed by atoms with Gasteiger partial charge in [-0.05, 0) is 49.7 Å². The number of unbranched alkanes of at least 4 members (excludes halogenated alkanes) is 6. The van der Waals surface area contributed by atoms with Crippen LogP contribution in [0.1, 0.15) is 102 Å². The molecular formula is C24H38O5. The molecule has 0 aliphatic heterocycles. The molecule has 0 saturated carbocycles. The Kier molecular flexibility index (Phi) is 13.6. The first-order valence-electron chi connectivity index (χ1n) is 11.2. The maximum absolute atomic E-state index is 10.9. The molecule has 0 fully saturated rings. The van der Waals surface area contributed by atoms with Gasteiger partial charge < -0.3 is 14.9 Å². The lowest BCUT2D eigenvalue weighted by atomic mass is 9.88. The van der Waals surface area contributed by atoms with E-state index in [1.807, 2.05) is 24.3 Å². The summed E-state index contributed by atoms with van der Waals surface area (Å²) in [6.07, 6.45) is 11.5. The van der Waals surface area contributed by atoms with Gasteiger partial charge in [-0.25, -0.2) is 0 Å². The molecule has 0 aromatic heterocycles. The fraction of sp³-hybridized carbons (Fsp3) is 0.667. The molecular weight excluding hydrogens is 368 g/mol. The van der Waals surface area contributed by atoms with E-state index in [1.54, 1.807) is 0 Å². The Hall–Kier alpha value is -2.04. The van der Waals surface area contributed by atoms with Crippen LogP contribution in [0.5, 0.6) is 5.75 Å². The summed E-state index contributed by atoms with van der Waals surface area (Å²) >= 11 is 0. The monoisotopic (exact) mass is 406 g/mol. The molecule has 1 aromatic rings. The van der Waals surface area contributed by atoms with Gasteiger partial charge in [-0.1, -0.05) is 63.6 Å². The largest absolute Gasteiger partial charge is 0.493 e. The molecule has 0 amide bonds. The van der Waals surface area contributed by atoms with Crippen molar-refractivity contribution < 1.29 is 24.5 Å². The summed E-state index contributed by atoms with van der Waals surface area (Å²) in [6, 6.07) is 7.93. The van der Waals surface area contributed by atoms with Crippen molar-refractivity contribution in [2.75, 3.05) is 6.61 Å². The van der Waals surface area contributed by atoms with Gasteiger partial charge in [0.05, 0.1) is 6.61 Å². The summed E-state index contributed by atoms with van der Waals surface area (Å²) in [7, 11) is 0. The highest BCUT2D eigenvalue weighted by molar-refractivity contribution is 5.66. The number of ether oxygens (including phenoxy) is 1. The van der Waals surface area contributed by atoms with Crippen molar-refractivity contribution >= 4 is 11.9 Å². The third-order valence-electron chi connectivity index (χ3n) is 5.25. The summed E-state index contributed by atoms with van der Waals surface area (Å²) in [6.45, 7) is 2.91. The summed E-state index contributed by atoms with van der Waals surface area (Å²) < 4.78 is 6.07. The first-order chi connectivity index (χ1) is 14.0. The molecule has 2 N–H and O–H groups in total. The van der Waals surface area contributed by atoms with Crippen LogP contribution < -0.4 is 4.74 Å². The van der Waals surface area contributed by atoms with Crippen LogP contribution >= 0.6 is 0 Å². The zero-order valence-corrected chi connectivity index (χ0v) is 17.9. The van der Waals surface area contributed by atoms with Crippen LogP contribution in [-0.2, 0) is 9.59 Å². The molecule has 29 heavy (non-hydrogen) atoms. The highest BCUT2D eigenvalue weighted by Gasteiger charge is 2.17. The molecule has 0 aliphatic rings.